The molecule has 0 fully saturated rings. The van der Waals surface area contributed by atoms with Crippen LogP contribution in [0.2, 0.25) is 10.0 Å². The number of rotatable bonds is 5. The molecular weight excluding hydrogens is 329 g/mol. The molecule has 18 heavy (non-hydrogen) atoms. The monoisotopic (exact) mass is 337 g/mol. The summed E-state index contributed by atoms with van der Waals surface area (Å²) < 4.78 is 0.894. The van der Waals surface area contributed by atoms with Crippen LogP contribution in [0, 0.1) is 0 Å². The Bertz CT molecular complexity index is 533. The Kier molecular flexibility index (Phi) is 5.44. The van der Waals surface area contributed by atoms with Gasteiger partial charge in [0, 0.05) is 21.4 Å². The van der Waals surface area contributed by atoms with Crippen molar-refractivity contribution in [2.45, 2.75) is 9.24 Å². The van der Waals surface area contributed by atoms with Crippen molar-refractivity contribution in [3.63, 3.8) is 0 Å². The van der Waals surface area contributed by atoms with Gasteiger partial charge in [-0.05, 0) is 18.2 Å². The predicted molar refractivity (Wildman–Crippen MR) is 82.2 cm³/mol. The fourth-order valence-corrected chi connectivity index (χ4v) is 4.33. The third-order valence-corrected chi connectivity index (χ3v) is 5.76. The van der Waals surface area contributed by atoms with E-state index in [-0.39, 0.29) is 0 Å². The van der Waals surface area contributed by atoms with Crippen LogP contribution >= 0.6 is 58.1 Å². The number of nitrogens with two attached hydrogens (primary N) is 1. The molecule has 0 aliphatic rings. The van der Waals surface area contributed by atoms with Gasteiger partial charge in [0.2, 0.25) is 5.13 Å². The summed E-state index contributed by atoms with van der Waals surface area (Å²) in [5, 5.41) is 9.64. The third kappa shape index (κ3) is 4.20. The summed E-state index contributed by atoms with van der Waals surface area (Å²) in [4.78, 5) is 1.00. The maximum absolute atomic E-state index is 6.07. The molecule has 2 N–H and O–H groups in total. The number of hydrogen-bond donors (Lipinski definition) is 1. The molecule has 0 bridgehead atoms. The van der Waals surface area contributed by atoms with Crippen molar-refractivity contribution in [2.75, 3.05) is 17.2 Å². The topological polar surface area (TPSA) is 51.8 Å². The number of hydrogen-bond acceptors (Lipinski definition) is 6. The third-order valence-electron chi connectivity index (χ3n) is 1.88. The van der Waals surface area contributed by atoms with Crippen LogP contribution in [-0.2, 0) is 0 Å². The fourth-order valence-electron chi connectivity index (χ4n) is 1.15. The minimum Gasteiger partial charge on any atom is -0.374 e. The number of benzene rings is 1. The highest BCUT2D eigenvalue weighted by molar-refractivity contribution is 8.03. The van der Waals surface area contributed by atoms with E-state index in [4.69, 9.17) is 28.9 Å². The second-order valence-electron chi connectivity index (χ2n) is 3.18. The van der Waals surface area contributed by atoms with Crippen LogP contribution in [0.1, 0.15) is 0 Å². The van der Waals surface area contributed by atoms with Crippen LogP contribution in [0.4, 0.5) is 5.13 Å². The van der Waals surface area contributed by atoms with Crippen molar-refractivity contribution < 1.29 is 0 Å². The molecular formula is C10H9Cl2N3S3. The highest BCUT2D eigenvalue weighted by Gasteiger charge is 2.04. The Hall–Kier alpha value is -0.140. The lowest BCUT2D eigenvalue weighted by atomic mass is 10.4. The van der Waals surface area contributed by atoms with Crippen molar-refractivity contribution in [2.24, 2.45) is 0 Å². The van der Waals surface area contributed by atoms with Crippen LogP contribution < -0.4 is 5.73 Å². The molecule has 0 aliphatic carbocycles. The van der Waals surface area contributed by atoms with Gasteiger partial charge in [0.1, 0.15) is 0 Å². The van der Waals surface area contributed by atoms with E-state index in [1.807, 2.05) is 12.1 Å². The molecule has 0 radical (unpaired) electrons. The first kappa shape index (κ1) is 14.3. The van der Waals surface area contributed by atoms with E-state index < -0.39 is 0 Å². The molecule has 1 aromatic heterocycles. The summed E-state index contributed by atoms with van der Waals surface area (Å²) in [5.74, 6) is 1.84. The van der Waals surface area contributed by atoms with Crippen LogP contribution in [-0.4, -0.2) is 21.7 Å². The molecule has 0 atom stereocenters. The van der Waals surface area contributed by atoms with Gasteiger partial charge < -0.3 is 5.73 Å². The molecule has 1 aromatic carbocycles. The Morgan fingerprint density at radius 3 is 2.67 bits per heavy atom. The highest BCUT2D eigenvalue weighted by atomic mass is 35.5. The standard InChI is InChI=1S/C10H9Cl2N3S3/c11-6-1-2-7(12)8(5-6)16-3-4-17-10-15-14-9(13)18-10/h1-2,5H,3-4H2,(H2,13,14). The highest BCUT2D eigenvalue weighted by Crippen LogP contribution is 2.31. The summed E-state index contributed by atoms with van der Waals surface area (Å²) >= 11 is 16.7. The number of aromatic nitrogens is 2. The maximum atomic E-state index is 6.07. The first-order chi connectivity index (χ1) is 8.65. The van der Waals surface area contributed by atoms with E-state index in [9.17, 15) is 0 Å². The molecule has 0 amide bonds. The molecule has 96 valence electrons. The van der Waals surface area contributed by atoms with Crippen molar-refractivity contribution in [1.82, 2.24) is 10.2 Å². The van der Waals surface area contributed by atoms with Gasteiger partial charge in [-0.15, -0.1) is 22.0 Å². The van der Waals surface area contributed by atoms with Gasteiger partial charge in [0.25, 0.3) is 0 Å². The van der Waals surface area contributed by atoms with E-state index in [1.165, 1.54) is 11.3 Å². The molecule has 1 heterocycles. The van der Waals surface area contributed by atoms with Gasteiger partial charge in [-0.3, -0.25) is 0 Å². The summed E-state index contributed by atoms with van der Waals surface area (Å²) in [7, 11) is 0. The smallest absolute Gasteiger partial charge is 0.203 e. The zero-order chi connectivity index (χ0) is 13.0. The van der Waals surface area contributed by atoms with Crippen LogP contribution in [0.25, 0.3) is 0 Å². The molecule has 2 rings (SSSR count). The largest absolute Gasteiger partial charge is 0.374 e. The molecule has 3 nitrogen and oxygen atoms in total. The molecule has 0 saturated heterocycles. The minimum atomic E-state index is 0.503. The van der Waals surface area contributed by atoms with Crippen LogP contribution in [0.15, 0.2) is 27.4 Å². The van der Waals surface area contributed by atoms with Gasteiger partial charge in [-0.25, -0.2) is 0 Å². The van der Waals surface area contributed by atoms with Crippen molar-refractivity contribution >= 4 is 63.2 Å². The molecule has 0 spiro atoms. The van der Waals surface area contributed by atoms with Gasteiger partial charge in [-0.2, -0.15) is 0 Å². The Balaban J connectivity index is 1.80. The van der Waals surface area contributed by atoms with E-state index in [0.717, 1.165) is 25.8 Å². The van der Waals surface area contributed by atoms with Crippen LogP contribution in [0.5, 0.6) is 0 Å². The van der Waals surface area contributed by atoms with E-state index in [2.05, 4.69) is 10.2 Å². The lowest BCUT2D eigenvalue weighted by Crippen LogP contribution is -1.85. The van der Waals surface area contributed by atoms with Gasteiger partial charge in [-0.1, -0.05) is 46.3 Å². The summed E-state index contributed by atoms with van der Waals surface area (Å²) in [6.07, 6.45) is 0. The maximum Gasteiger partial charge on any atom is 0.203 e. The van der Waals surface area contributed by atoms with Crippen molar-refractivity contribution in [1.29, 1.82) is 0 Å². The lowest BCUT2D eigenvalue weighted by Gasteiger charge is -2.03. The number of anilines is 1. The number of nitrogens with zero attached hydrogens (tertiary/aromatic N) is 2. The molecule has 0 aliphatic heterocycles. The van der Waals surface area contributed by atoms with Crippen molar-refractivity contribution in [3.8, 4) is 0 Å². The SMILES string of the molecule is Nc1nnc(SCCSc2cc(Cl)ccc2Cl)s1. The Morgan fingerprint density at radius 1 is 1.17 bits per heavy atom. The quantitative estimate of drug-likeness (QED) is 0.650. The van der Waals surface area contributed by atoms with Gasteiger partial charge in [0.15, 0.2) is 4.34 Å². The second-order valence-corrected chi connectivity index (χ2v) is 7.51. The first-order valence-corrected chi connectivity index (χ1v) is 8.49. The van der Waals surface area contributed by atoms with E-state index >= 15 is 0 Å². The Morgan fingerprint density at radius 2 is 1.94 bits per heavy atom. The molecule has 2 aromatic rings. The van der Waals surface area contributed by atoms with E-state index in [1.54, 1.807) is 29.6 Å². The second kappa shape index (κ2) is 6.86. The molecule has 0 unspecified atom stereocenters. The minimum absolute atomic E-state index is 0.503. The number of nitrogen functional groups attached to an aromatic ring is 1. The number of halogens is 2. The fraction of sp³-hybridized carbons (Fsp3) is 0.200. The zero-order valence-corrected chi connectivity index (χ0v) is 13.1. The van der Waals surface area contributed by atoms with Crippen molar-refractivity contribution in [3.05, 3.63) is 28.2 Å². The average molecular weight is 338 g/mol. The summed E-state index contributed by atoms with van der Waals surface area (Å²) in [6, 6.07) is 5.47. The summed E-state index contributed by atoms with van der Waals surface area (Å²) in [6.45, 7) is 0. The lowest BCUT2D eigenvalue weighted by molar-refractivity contribution is 1.02. The average Bonchev–Trinajstić information content (AvgIpc) is 2.75. The zero-order valence-electron chi connectivity index (χ0n) is 9.10. The molecule has 0 saturated carbocycles. The van der Waals surface area contributed by atoms with Gasteiger partial charge in [0.05, 0.1) is 5.02 Å². The number of thioether (sulfide) groups is 2. The summed E-state index contributed by atoms with van der Waals surface area (Å²) in [5.41, 5.74) is 5.50. The molecule has 8 heteroatoms. The van der Waals surface area contributed by atoms with Gasteiger partial charge >= 0.3 is 0 Å². The first-order valence-electron chi connectivity index (χ1n) is 4.95. The normalized spacial score (nSPS) is 10.8. The van der Waals surface area contributed by atoms with Crippen LogP contribution in [0.3, 0.4) is 0 Å². The Labute approximate surface area is 127 Å². The predicted octanol–water partition coefficient (Wildman–Crippen LogP) is 4.31. The van der Waals surface area contributed by atoms with E-state index in [0.29, 0.717) is 10.2 Å².